The van der Waals surface area contributed by atoms with Crippen LogP contribution in [0.5, 0.6) is 5.75 Å². The van der Waals surface area contributed by atoms with Gasteiger partial charge in [0.15, 0.2) is 6.10 Å². The van der Waals surface area contributed by atoms with E-state index in [0.717, 1.165) is 17.7 Å². The highest BCUT2D eigenvalue weighted by atomic mass is 16.5. The van der Waals surface area contributed by atoms with Crippen LogP contribution in [-0.2, 0) is 17.6 Å². The minimum absolute atomic E-state index is 0.0479. The Bertz CT molecular complexity index is 700. The maximum atomic E-state index is 12.5. The molecule has 0 bridgehead atoms. The van der Waals surface area contributed by atoms with Crippen LogP contribution in [0.4, 0.5) is 0 Å². The number of ether oxygens (including phenoxy) is 1. The first-order valence-electron chi connectivity index (χ1n) is 8.86. The molecule has 4 heteroatoms. The Morgan fingerprint density at radius 1 is 1.20 bits per heavy atom. The van der Waals surface area contributed by atoms with Gasteiger partial charge >= 0.3 is 0 Å². The van der Waals surface area contributed by atoms with Gasteiger partial charge in [0.2, 0.25) is 0 Å². The van der Waals surface area contributed by atoms with E-state index >= 15 is 0 Å². The Labute approximate surface area is 149 Å². The summed E-state index contributed by atoms with van der Waals surface area (Å²) in [6, 6.07) is 16.6. The van der Waals surface area contributed by atoms with Crippen molar-refractivity contribution in [3.63, 3.8) is 0 Å². The van der Waals surface area contributed by atoms with Crippen LogP contribution in [0.15, 0.2) is 48.5 Å². The first-order chi connectivity index (χ1) is 12.1. The molecule has 0 aromatic heterocycles. The average molecular weight is 338 g/mol. The first kappa shape index (κ1) is 17.5. The maximum Gasteiger partial charge on any atom is 0.261 e. The first-order valence-corrected chi connectivity index (χ1v) is 8.86. The van der Waals surface area contributed by atoms with Crippen LogP contribution in [0, 0.1) is 0 Å². The summed E-state index contributed by atoms with van der Waals surface area (Å²) in [4.78, 5) is 14.6. The molecule has 1 amide bonds. The third-order valence-corrected chi connectivity index (χ3v) is 4.81. The van der Waals surface area contributed by atoms with Gasteiger partial charge in [0.25, 0.3) is 5.91 Å². The molecule has 25 heavy (non-hydrogen) atoms. The molecule has 1 heterocycles. The molecule has 0 unspecified atom stereocenters. The van der Waals surface area contributed by atoms with Crippen molar-refractivity contribution in [2.45, 2.75) is 31.9 Å². The van der Waals surface area contributed by atoms with Crippen molar-refractivity contribution in [1.82, 2.24) is 10.2 Å². The van der Waals surface area contributed by atoms with Gasteiger partial charge in [0, 0.05) is 13.0 Å². The van der Waals surface area contributed by atoms with Gasteiger partial charge < -0.3 is 15.0 Å². The summed E-state index contributed by atoms with van der Waals surface area (Å²) in [5, 5.41) is 3.06. The van der Waals surface area contributed by atoms with Gasteiger partial charge in [-0.2, -0.15) is 0 Å². The Morgan fingerprint density at radius 2 is 1.92 bits per heavy atom. The van der Waals surface area contributed by atoms with Gasteiger partial charge in [-0.1, -0.05) is 49.4 Å². The van der Waals surface area contributed by atoms with E-state index < -0.39 is 6.10 Å². The van der Waals surface area contributed by atoms with E-state index in [0.29, 0.717) is 13.0 Å². The van der Waals surface area contributed by atoms with E-state index in [1.165, 1.54) is 11.1 Å². The molecular weight excluding hydrogens is 312 g/mol. The Hall–Kier alpha value is -2.33. The number of nitrogens with one attached hydrogen (secondary N) is 1. The van der Waals surface area contributed by atoms with Crippen molar-refractivity contribution < 1.29 is 9.53 Å². The second-order valence-electron chi connectivity index (χ2n) is 6.74. The lowest BCUT2D eigenvalue weighted by molar-refractivity contribution is -0.127. The average Bonchev–Trinajstić information content (AvgIpc) is 3.06. The summed E-state index contributed by atoms with van der Waals surface area (Å²) in [6.45, 7) is 2.71. The summed E-state index contributed by atoms with van der Waals surface area (Å²) in [5.41, 5.74) is 3.63. The van der Waals surface area contributed by atoms with Gasteiger partial charge in [0.05, 0.1) is 6.04 Å². The topological polar surface area (TPSA) is 41.6 Å². The largest absolute Gasteiger partial charge is 0.480 e. The maximum absolute atomic E-state index is 12.5. The molecule has 4 nitrogen and oxygen atoms in total. The predicted octanol–water partition coefficient (Wildman–Crippen LogP) is 2.97. The molecule has 2 aromatic carbocycles. The van der Waals surface area contributed by atoms with Crippen molar-refractivity contribution in [2.75, 3.05) is 20.6 Å². The van der Waals surface area contributed by atoms with Gasteiger partial charge in [-0.05, 0) is 43.3 Å². The van der Waals surface area contributed by atoms with Crippen LogP contribution < -0.4 is 10.1 Å². The monoisotopic (exact) mass is 338 g/mol. The molecular formula is C21H26N2O2. The number of hydrogen-bond donors (Lipinski definition) is 1. The van der Waals surface area contributed by atoms with E-state index in [1.807, 2.05) is 38.4 Å². The number of amides is 1. The molecule has 2 atom stereocenters. The predicted molar refractivity (Wildman–Crippen MR) is 99.8 cm³/mol. The zero-order valence-corrected chi connectivity index (χ0v) is 15.2. The molecule has 2 aromatic rings. The Kier molecular flexibility index (Phi) is 5.39. The number of benzene rings is 2. The van der Waals surface area contributed by atoms with Crippen molar-refractivity contribution in [2.24, 2.45) is 0 Å². The van der Waals surface area contributed by atoms with Crippen LogP contribution in [0.2, 0.25) is 0 Å². The minimum atomic E-state index is -0.428. The molecule has 132 valence electrons. The number of carbonyl (C=O) groups is 1. The van der Waals surface area contributed by atoms with Crippen LogP contribution in [0.3, 0.4) is 0 Å². The zero-order chi connectivity index (χ0) is 17.8. The number of likely N-dealkylation sites (N-methyl/N-ethyl adjacent to an activating group) is 1. The van der Waals surface area contributed by atoms with Crippen LogP contribution >= 0.6 is 0 Å². The number of fused-ring (bicyclic) bond motifs is 1. The molecule has 3 rings (SSSR count). The summed E-state index contributed by atoms with van der Waals surface area (Å²) < 4.78 is 5.77. The quantitative estimate of drug-likeness (QED) is 0.880. The lowest BCUT2D eigenvalue weighted by Gasteiger charge is -2.26. The third-order valence-electron chi connectivity index (χ3n) is 4.81. The number of nitrogens with zero attached hydrogens (tertiary/aromatic N) is 1. The molecule has 1 N–H and O–H groups in total. The zero-order valence-electron chi connectivity index (χ0n) is 15.2. The fourth-order valence-corrected chi connectivity index (χ4v) is 3.21. The van der Waals surface area contributed by atoms with Crippen molar-refractivity contribution in [3.8, 4) is 5.75 Å². The number of rotatable bonds is 6. The summed E-state index contributed by atoms with van der Waals surface area (Å²) in [6.07, 6.45) is 1.24. The fraction of sp³-hybridized carbons (Fsp3) is 0.381. The van der Waals surface area contributed by atoms with Crippen molar-refractivity contribution in [3.05, 3.63) is 65.2 Å². The van der Waals surface area contributed by atoms with Gasteiger partial charge in [-0.3, -0.25) is 4.79 Å². The van der Waals surface area contributed by atoms with Crippen molar-refractivity contribution in [1.29, 1.82) is 0 Å². The molecule has 0 aliphatic carbocycles. The normalized spacial score (nSPS) is 17.0. The number of aryl methyl sites for hydroxylation is 1. The SMILES string of the molecule is CCc1ccc([C@@H](CNC(=O)[C@H]2Cc3ccccc3O2)N(C)C)cc1. The molecule has 0 radical (unpaired) electrons. The molecule has 0 spiro atoms. The van der Waals surface area contributed by atoms with E-state index in [1.54, 1.807) is 0 Å². The van der Waals surface area contributed by atoms with E-state index in [4.69, 9.17) is 4.74 Å². The molecule has 0 saturated carbocycles. The highest BCUT2D eigenvalue weighted by molar-refractivity contribution is 5.82. The third kappa shape index (κ3) is 4.02. The minimum Gasteiger partial charge on any atom is -0.480 e. The second-order valence-corrected chi connectivity index (χ2v) is 6.74. The summed E-state index contributed by atoms with van der Waals surface area (Å²) in [7, 11) is 4.07. The molecule has 0 fully saturated rings. The number of hydrogen-bond acceptors (Lipinski definition) is 3. The summed E-state index contributed by atoms with van der Waals surface area (Å²) >= 11 is 0. The highest BCUT2D eigenvalue weighted by Gasteiger charge is 2.29. The van der Waals surface area contributed by atoms with Gasteiger partial charge in [-0.25, -0.2) is 0 Å². The Morgan fingerprint density at radius 3 is 2.56 bits per heavy atom. The lowest BCUT2D eigenvalue weighted by Crippen LogP contribution is -2.41. The second kappa shape index (κ2) is 7.70. The molecule has 1 aliphatic rings. The van der Waals surface area contributed by atoms with E-state index in [2.05, 4.69) is 41.4 Å². The number of carbonyl (C=O) groups excluding carboxylic acids is 1. The van der Waals surface area contributed by atoms with Crippen LogP contribution in [0.25, 0.3) is 0 Å². The Balaban J connectivity index is 1.61. The van der Waals surface area contributed by atoms with Crippen molar-refractivity contribution >= 4 is 5.91 Å². The van der Waals surface area contributed by atoms with E-state index in [-0.39, 0.29) is 11.9 Å². The molecule has 1 aliphatic heterocycles. The number of para-hydroxylation sites is 1. The van der Waals surface area contributed by atoms with Crippen LogP contribution in [-0.4, -0.2) is 37.6 Å². The fourth-order valence-electron chi connectivity index (χ4n) is 3.21. The smallest absolute Gasteiger partial charge is 0.261 e. The van der Waals surface area contributed by atoms with E-state index in [9.17, 15) is 4.79 Å². The lowest BCUT2D eigenvalue weighted by atomic mass is 10.0. The molecule has 0 saturated heterocycles. The van der Waals surface area contributed by atoms with Gasteiger partial charge in [0.1, 0.15) is 5.75 Å². The van der Waals surface area contributed by atoms with Gasteiger partial charge in [-0.15, -0.1) is 0 Å². The highest BCUT2D eigenvalue weighted by Crippen LogP contribution is 2.28. The van der Waals surface area contributed by atoms with Crippen LogP contribution in [0.1, 0.15) is 29.7 Å². The summed E-state index contributed by atoms with van der Waals surface area (Å²) in [5.74, 6) is 0.773. The standard InChI is InChI=1S/C21H26N2O2/c1-4-15-9-11-16(12-10-15)18(23(2)3)14-22-21(24)20-13-17-7-5-6-8-19(17)25-20/h5-12,18,20H,4,13-14H2,1-3H3,(H,22,24)/t18-,20-/m1/s1.